The number of nitrogens with two attached hydrogens (primary N) is 1. The first kappa shape index (κ1) is 13.6. The molecular formula is C9H11FN2O4S. The number of hydrogen-bond acceptors (Lipinski definition) is 4. The summed E-state index contributed by atoms with van der Waals surface area (Å²) in [6.07, 6.45) is 0. The Morgan fingerprint density at radius 3 is 2.65 bits per heavy atom. The molecule has 0 amide bonds. The second-order valence-corrected chi connectivity index (χ2v) is 4.90. The number of rotatable bonds is 5. The first-order valence-corrected chi connectivity index (χ1v) is 6.09. The van der Waals surface area contributed by atoms with Crippen LogP contribution in [-0.4, -0.2) is 32.6 Å². The first-order valence-electron chi connectivity index (χ1n) is 4.61. The fourth-order valence-corrected chi connectivity index (χ4v) is 2.19. The maximum atomic E-state index is 13.0. The van der Waals surface area contributed by atoms with Gasteiger partial charge in [-0.05, 0) is 18.2 Å². The zero-order valence-electron chi connectivity index (χ0n) is 8.68. The summed E-state index contributed by atoms with van der Waals surface area (Å²) in [5, 5.41) is 8.66. The number of carbonyl (C=O) groups is 1. The molecular weight excluding hydrogens is 251 g/mol. The molecule has 0 aliphatic rings. The maximum absolute atomic E-state index is 13.0. The summed E-state index contributed by atoms with van der Waals surface area (Å²) in [5.41, 5.74) is 4.44. The van der Waals surface area contributed by atoms with Gasteiger partial charge in [0.05, 0.1) is 10.5 Å². The molecule has 0 aromatic heterocycles. The SMILES string of the molecule is NCCNS(=O)(=O)c1ccc(F)c(C(=O)O)c1. The molecule has 0 fully saturated rings. The molecule has 0 saturated heterocycles. The fourth-order valence-electron chi connectivity index (χ4n) is 1.11. The predicted molar refractivity (Wildman–Crippen MR) is 57.6 cm³/mol. The lowest BCUT2D eigenvalue weighted by atomic mass is 10.2. The summed E-state index contributed by atoms with van der Waals surface area (Å²) in [4.78, 5) is 10.3. The van der Waals surface area contributed by atoms with Crippen LogP contribution in [0.4, 0.5) is 4.39 Å². The molecule has 94 valence electrons. The zero-order valence-corrected chi connectivity index (χ0v) is 9.50. The summed E-state index contributed by atoms with van der Waals surface area (Å²) in [6, 6.07) is 2.54. The number of carboxylic acids is 1. The molecule has 0 saturated carbocycles. The monoisotopic (exact) mass is 262 g/mol. The van der Waals surface area contributed by atoms with E-state index in [0.29, 0.717) is 0 Å². The highest BCUT2D eigenvalue weighted by atomic mass is 32.2. The standard InChI is InChI=1S/C9H11FN2O4S/c10-8-2-1-6(5-7(8)9(13)14)17(15,16)12-4-3-11/h1-2,5,12H,3-4,11H2,(H,13,14). The highest BCUT2D eigenvalue weighted by molar-refractivity contribution is 7.89. The minimum absolute atomic E-state index is 0.0160. The Bertz CT molecular complexity index is 530. The second-order valence-electron chi connectivity index (χ2n) is 3.13. The summed E-state index contributed by atoms with van der Waals surface area (Å²) in [7, 11) is -3.86. The van der Waals surface area contributed by atoms with Crippen molar-refractivity contribution < 1.29 is 22.7 Å². The van der Waals surface area contributed by atoms with Gasteiger partial charge in [0.1, 0.15) is 5.82 Å². The molecule has 0 heterocycles. The minimum Gasteiger partial charge on any atom is -0.478 e. The van der Waals surface area contributed by atoms with Crippen molar-refractivity contribution in [3.8, 4) is 0 Å². The molecule has 0 bridgehead atoms. The van der Waals surface area contributed by atoms with Crippen molar-refractivity contribution in [2.24, 2.45) is 5.73 Å². The van der Waals surface area contributed by atoms with Gasteiger partial charge in [0.15, 0.2) is 0 Å². The Morgan fingerprint density at radius 1 is 1.47 bits per heavy atom. The number of sulfonamides is 1. The normalized spacial score (nSPS) is 11.4. The Labute approximate surface area is 97.3 Å². The lowest BCUT2D eigenvalue weighted by Crippen LogP contribution is -2.29. The summed E-state index contributed by atoms with van der Waals surface area (Å²) >= 11 is 0. The van der Waals surface area contributed by atoms with Gasteiger partial charge >= 0.3 is 5.97 Å². The van der Waals surface area contributed by atoms with E-state index < -0.39 is 27.4 Å². The number of aromatic carboxylic acids is 1. The van der Waals surface area contributed by atoms with Gasteiger partial charge in [-0.3, -0.25) is 0 Å². The van der Waals surface area contributed by atoms with Crippen LogP contribution in [0.2, 0.25) is 0 Å². The van der Waals surface area contributed by atoms with E-state index in [0.717, 1.165) is 18.2 Å². The fraction of sp³-hybridized carbons (Fsp3) is 0.222. The third kappa shape index (κ3) is 3.22. The average molecular weight is 262 g/mol. The summed E-state index contributed by atoms with van der Waals surface area (Å²) in [5.74, 6) is -2.52. The number of hydrogen-bond donors (Lipinski definition) is 3. The molecule has 1 aromatic rings. The van der Waals surface area contributed by atoms with Gasteiger partial charge in [-0.2, -0.15) is 0 Å². The largest absolute Gasteiger partial charge is 0.478 e. The van der Waals surface area contributed by atoms with Crippen molar-refractivity contribution in [1.82, 2.24) is 4.72 Å². The van der Waals surface area contributed by atoms with Gasteiger partial charge < -0.3 is 10.8 Å². The zero-order chi connectivity index (χ0) is 13.1. The van der Waals surface area contributed by atoms with E-state index in [-0.39, 0.29) is 18.0 Å². The van der Waals surface area contributed by atoms with E-state index in [4.69, 9.17) is 10.8 Å². The van der Waals surface area contributed by atoms with Crippen molar-refractivity contribution in [2.75, 3.05) is 13.1 Å². The molecule has 6 nitrogen and oxygen atoms in total. The summed E-state index contributed by atoms with van der Waals surface area (Å²) in [6.45, 7) is 0.119. The van der Waals surface area contributed by atoms with E-state index >= 15 is 0 Å². The van der Waals surface area contributed by atoms with Crippen molar-refractivity contribution >= 4 is 16.0 Å². The van der Waals surface area contributed by atoms with E-state index in [1.54, 1.807) is 0 Å². The third-order valence-corrected chi connectivity index (χ3v) is 3.37. The Hall–Kier alpha value is -1.51. The highest BCUT2D eigenvalue weighted by Gasteiger charge is 2.18. The molecule has 0 atom stereocenters. The molecule has 0 radical (unpaired) electrons. The smallest absolute Gasteiger partial charge is 0.338 e. The number of nitrogens with one attached hydrogen (secondary N) is 1. The number of benzene rings is 1. The van der Waals surface area contributed by atoms with Crippen LogP contribution >= 0.6 is 0 Å². The van der Waals surface area contributed by atoms with Gasteiger partial charge in [-0.15, -0.1) is 0 Å². The molecule has 0 unspecified atom stereocenters. The Kier molecular flexibility index (Phi) is 4.16. The predicted octanol–water partition coefficient (Wildman–Crippen LogP) is -0.239. The van der Waals surface area contributed by atoms with Gasteiger partial charge in [0, 0.05) is 13.1 Å². The van der Waals surface area contributed by atoms with Crippen molar-refractivity contribution in [3.63, 3.8) is 0 Å². The molecule has 4 N–H and O–H groups in total. The van der Waals surface area contributed by atoms with Crippen molar-refractivity contribution in [2.45, 2.75) is 4.90 Å². The van der Waals surface area contributed by atoms with Crippen LogP contribution < -0.4 is 10.5 Å². The maximum Gasteiger partial charge on any atom is 0.338 e. The quantitative estimate of drug-likeness (QED) is 0.678. The van der Waals surface area contributed by atoms with Gasteiger partial charge in [-0.1, -0.05) is 0 Å². The minimum atomic E-state index is -3.86. The van der Waals surface area contributed by atoms with Crippen molar-refractivity contribution in [1.29, 1.82) is 0 Å². The van der Waals surface area contributed by atoms with Gasteiger partial charge in [0.25, 0.3) is 0 Å². The molecule has 0 aliphatic carbocycles. The molecule has 0 spiro atoms. The summed E-state index contributed by atoms with van der Waals surface area (Å²) < 4.78 is 38.4. The van der Waals surface area contributed by atoms with Crippen LogP contribution in [-0.2, 0) is 10.0 Å². The van der Waals surface area contributed by atoms with Crippen LogP contribution in [0.25, 0.3) is 0 Å². The van der Waals surface area contributed by atoms with E-state index in [1.807, 2.05) is 0 Å². The lowest BCUT2D eigenvalue weighted by Gasteiger charge is -2.06. The van der Waals surface area contributed by atoms with E-state index in [9.17, 15) is 17.6 Å². The van der Waals surface area contributed by atoms with E-state index in [1.165, 1.54) is 0 Å². The van der Waals surface area contributed by atoms with Crippen LogP contribution in [0.1, 0.15) is 10.4 Å². The molecule has 1 rings (SSSR count). The molecule has 8 heteroatoms. The van der Waals surface area contributed by atoms with Crippen LogP contribution in [0.3, 0.4) is 0 Å². The second kappa shape index (κ2) is 5.21. The first-order chi connectivity index (χ1) is 7.88. The van der Waals surface area contributed by atoms with Crippen molar-refractivity contribution in [3.05, 3.63) is 29.6 Å². The van der Waals surface area contributed by atoms with Crippen LogP contribution in [0.5, 0.6) is 0 Å². The van der Waals surface area contributed by atoms with Gasteiger partial charge in [-0.25, -0.2) is 22.3 Å². The Morgan fingerprint density at radius 2 is 2.12 bits per heavy atom. The Balaban J connectivity index is 3.16. The molecule has 17 heavy (non-hydrogen) atoms. The third-order valence-electron chi connectivity index (χ3n) is 1.91. The van der Waals surface area contributed by atoms with E-state index in [2.05, 4.69) is 4.72 Å². The molecule has 1 aromatic carbocycles. The lowest BCUT2D eigenvalue weighted by molar-refractivity contribution is 0.0691. The number of halogens is 1. The topological polar surface area (TPSA) is 109 Å². The molecule has 0 aliphatic heterocycles. The average Bonchev–Trinajstić information content (AvgIpc) is 2.26. The van der Waals surface area contributed by atoms with Crippen LogP contribution in [0.15, 0.2) is 23.1 Å². The number of carboxylic acid groups (broad SMARTS) is 1. The van der Waals surface area contributed by atoms with Gasteiger partial charge in [0.2, 0.25) is 10.0 Å². The van der Waals surface area contributed by atoms with Crippen LogP contribution in [0, 0.1) is 5.82 Å². The highest BCUT2D eigenvalue weighted by Crippen LogP contribution is 2.14.